The average molecular weight is 242 g/mol. The predicted octanol–water partition coefficient (Wildman–Crippen LogP) is 1.03. The van der Waals surface area contributed by atoms with Crippen LogP contribution in [0.5, 0.6) is 0 Å². The molecule has 0 unspecified atom stereocenters. The van der Waals surface area contributed by atoms with Crippen LogP contribution in [0.2, 0.25) is 0 Å². The second-order valence-corrected chi connectivity index (χ2v) is 6.68. The van der Waals surface area contributed by atoms with Crippen LogP contribution in [0.15, 0.2) is 25.3 Å². The predicted molar refractivity (Wildman–Crippen MR) is 59.1 cm³/mol. The molecule has 0 saturated carbocycles. The molecular weight excluding hydrogens is 231 g/mol. The van der Waals surface area contributed by atoms with E-state index in [4.69, 9.17) is 9.79 Å². The monoisotopic (exact) mass is 242 g/mol. The lowest BCUT2D eigenvalue weighted by molar-refractivity contribution is -0.136. The number of carbonyl (C=O) groups is 1. The van der Waals surface area contributed by atoms with E-state index in [0.29, 0.717) is 0 Å². The molecule has 0 aromatic rings. The maximum atomic E-state index is 10.2. The highest BCUT2D eigenvalue weighted by atomic mass is 32.9. The molecule has 0 aromatic carbocycles. The van der Waals surface area contributed by atoms with Crippen molar-refractivity contribution in [3.63, 3.8) is 0 Å². The molecular formula is C6H11O4PS2. The van der Waals surface area contributed by atoms with Crippen molar-refractivity contribution >= 4 is 35.7 Å². The van der Waals surface area contributed by atoms with Crippen LogP contribution in [0.4, 0.5) is 0 Å². The van der Waals surface area contributed by atoms with Gasteiger partial charge in [0.15, 0.2) is 0 Å². The minimum atomic E-state index is -3.11. The van der Waals surface area contributed by atoms with E-state index < -0.39 is 11.7 Å². The maximum absolute atomic E-state index is 10.2. The van der Waals surface area contributed by atoms with E-state index in [-0.39, 0.29) is 6.61 Å². The van der Waals surface area contributed by atoms with Crippen LogP contribution >= 0.6 is 17.9 Å². The lowest BCUT2D eigenvalue weighted by atomic mass is 10.6. The number of thiol groups is 1. The largest absolute Gasteiger partial charge is 0.458 e. The van der Waals surface area contributed by atoms with Crippen LogP contribution in [0.3, 0.4) is 0 Å². The molecule has 7 heteroatoms. The number of hydrogen-bond donors (Lipinski definition) is 3. The Labute approximate surface area is 87.3 Å². The van der Waals surface area contributed by atoms with Crippen molar-refractivity contribution < 1.29 is 19.3 Å². The van der Waals surface area contributed by atoms with Crippen molar-refractivity contribution in [3.05, 3.63) is 25.3 Å². The van der Waals surface area contributed by atoms with Gasteiger partial charge in [0, 0.05) is 6.08 Å². The highest BCUT2D eigenvalue weighted by Gasteiger charge is 1.90. The van der Waals surface area contributed by atoms with Crippen LogP contribution in [-0.4, -0.2) is 22.4 Å². The molecule has 0 aromatic heterocycles. The first kappa shape index (κ1) is 15.3. The van der Waals surface area contributed by atoms with Crippen molar-refractivity contribution in [3.8, 4) is 0 Å². The molecule has 4 nitrogen and oxygen atoms in total. The van der Waals surface area contributed by atoms with Gasteiger partial charge in [0.1, 0.15) is 6.61 Å². The van der Waals surface area contributed by atoms with Crippen LogP contribution in [0, 0.1) is 0 Å². The molecule has 0 amide bonds. The van der Waals surface area contributed by atoms with Crippen molar-refractivity contribution in [1.29, 1.82) is 0 Å². The molecule has 0 spiro atoms. The van der Waals surface area contributed by atoms with Crippen LogP contribution in [0.1, 0.15) is 0 Å². The molecule has 0 heterocycles. The smallest absolute Gasteiger partial charge is 0.330 e. The minimum absolute atomic E-state index is 0.255. The zero-order chi connectivity index (χ0) is 10.9. The SMILES string of the molecule is C=CCOC(=O)C=C.OP(O)(=S)S. The summed E-state index contributed by atoms with van der Waals surface area (Å²) in [5, 5.41) is 0. The van der Waals surface area contributed by atoms with Crippen molar-refractivity contribution in [2.45, 2.75) is 0 Å². The molecule has 0 bridgehead atoms. The quantitative estimate of drug-likeness (QED) is 0.227. The van der Waals surface area contributed by atoms with Gasteiger partial charge in [-0.15, -0.1) is 0 Å². The first-order valence-electron chi connectivity index (χ1n) is 2.99. The molecule has 13 heavy (non-hydrogen) atoms. The summed E-state index contributed by atoms with van der Waals surface area (Å²) in [5.74, 6) is -0.412. The van der Waals surface area contributed by atoms with Crippen molar-refractivity contribution in [2.24, 2.45) is 0 Å². The summed E-state index contributed by atoms with van der Waals surface area (Å²) in [4.78, 5) is 25.9. The fraction of sp³-hybridized carbons (Fsp3) is 0.167. The highest BCUT2D eigenvalue weighted by molar-refractivity contribution is 8.59. The Hall–Kier alpha value is -0.130. The van der Waals surface area contributed by atoms with Gasteiger partial charge in [-0.25, -0.2) is 4.79 Å². The Kier molecular flexibility index (Phi) is 10.00. The fourth-order valence-corrected chi connectivity index (χ4v) is 0.200. The third-order valence-corrected chi connectivity index (χ3v) is 0.510. The van der Waals surface area contributed by atoms with Gasteiger partial charge in [0.05, 0.1) is 0 Å². The Morgan fingerprint density at radius 3 is 2.23 bits per heavy atom. The van der Waals surface area contributed by atoms with Gasteiger partial charge >= 0.3 is 5.97 Å². The molecule has 0 fully saturated rings. The molecule has 0 saturated heterocycles. The lowest BCUT2D eigenvalue weighted by Crippen LogP contribution is -1.98. The second kappa shape index (κ2) is 8.47. The van der Waals surface area contributed by atoms with Crippen LogP contribution < -0.4 is 0 Å². The first-order valence-corrected chi connectivity index (χ1v) is 6.85. The third-order valence-electron chi connectivity index (χ3n) is 0.510. The van der Waals surface area contributed by atoms with E-state index in [0.717, 1.165) is 6.08 Å². The molecule has 2 N–H and O–H groups in total. The van der Waals surface area contributed by atoms with Crippen molar-refractivity contribution in [1.82, 2.24) is 0 Å². The van der Waals surface area contributed by atoms with Gasteiger partial charge in [-0.1, -0.05) is 31.5 Å². The molecule has 0 aliphatic heterocycles. The average Bonchev–Trinajstić information content (AvgIpc) is 1.97. The Morgan fingerprint density at radius 2 is 2.00 bits per heavy atom. The summed E-state index contributed by atoms with van der Waals surface area (Å²) in [5.41, 5.74) is -3.11. The normalized spacial score (nSPS) is 9.15. The third kappa shape index (κ3) is 33.6. The zero-order valence-electron chi connectivity index (χ0n) is 6.79. The number of ether oxygens (including phenoxy) is 1. The summed E-state index contributed by atoms with van der Waals surface area (Å²) in [6.07, 6.45) is 2.62. The van der Waals surface area contributed by atoms with E-state index in [2.05, 4.69) is 42.0 Å². The van der Waals surface area contributed by atoms with Crippen molar-refractivity contribution in [2.75, 3.05) is 6.61 Å². The van der Waals surface area contributed by atoms with Gasteiger partial charge in [0.25, 0.3) is 0 Å². The zero-order valence-corrected chi connectivity index (χ0v) is 9.39. The van der Waals surface area contributed by atoms with Gasteiger partial charge < -0.3 is 14.5 Å². The highest BCUT2D eigenvalue weighted by Crippen LogP contribution is 2.39. The molecule has 0 atom stereocenters. The molecule has 0 aliphatic rings. The number of carbonyl (C=O) groups excluding carboxylic acids is 1. The van der Waals surface area contributed by atoms with E-state index in [1.165, 1.54) is 6.08 Å². The van der Waals surface area contributed by atoms with Gasteiger partial charge in [-0.05, 0) is 11.8 Å². The van der Waals surface area contributed by atoms with E-state index in [9.17, 15) is 4.79 Å². The van der Waals surface area contributed by atoms with E-state index >= 15 is 0 Å². The molecule has 0 aliphatic carbocycles. The van der Waals surface area contributed by atoms with Crippen LogP contribution in [-0.2, 0) is 21.3 Å². The topological polar surface area (TPSA) is 66.8 Å². The minimum Gasteiger partial charge on any atom is -0.458 e. The van der Waals surface area contributed by atoms with Gasteiger partial charge in [-0.2, -0.15) is 0 Å². The summed E-state index contributed by atoms with van der Waals surface area (Å²) < 4.78 is 4.47. The summed E-state index contributed by atoms with van der Waals surface area (Å²) in [6, 6.07) is 0. The molecule has 76 valence electrons. The first-order chi connectivity index (χ1) is 5.81. The summed E-state index contributed by atoms with van der Waals surface area (Å²) >= 11 is 7.07. The number of hydrogen-bond acceptors (Lipinski definition) is 3. The molecule has 0 radical (unpaired) electrons. The van der Waals surface area contributed by atoms with E-state index in [1.807, 2.05) is 0 Å². The summed E-state index contributed by atoms with van der Waals surface area (Å²) in [7, 11) is 0. The standard InChI is InChI=1S/C6H8O2.H3O2PS2/c1-3-5-8-6(7)4-2;1-3(2,4)5/h3-4H,1-2,5H2;(H3,1,2,4,5). The Morgan fingerprint density at radius 1 is 1.62 bits per heavy atom. The fourth-order valence-electron chi connectivity index (χ4n) is 0.200. The number of esters is 1. The Balaban J connectivity index is 0. The van der Waals surface area contributed by atoms with Gasteiger partial charge in [-0.3, -0.25) is 0 Å². The van der Waals surface area contributed by atoms with Gasteiger partial charge in [0.2, 0.25) is 5.69 Å². The molecule has 0 rings (SSSR count). The van der Waals surface area contributed by atoms with Crippen LogP contribution in [0.25, 0.3) is 0 Å². The lowest BCUT2D eigenvalue weighted by Gasteiger charge is -1.92. The van der Waals surface area contributed by atoms with E-state index in [1.54, 1.807) is 0 Å². The number of rotatable bonds is 3. The Bertz CT molecular complexity index is 214. The second-order valence-electron chi connectivity index (χ2n) is 1.64. The maximum Gasteiger partial charge on any atom is 0.330 e. The summed E-state index contributed by atoms with van der Waals surface area (Å²) in [6.45, 7) is 6.81.